The molecule has 106 valence electrons. The van der Waals surface area contributed by atoms with Gasteiger partial charge in [0.25, 0.3) is 11.7 Å². The van der Waals surface area contributed by atoms with Crippen molar-refractivity contribution < 1.29 is 9.34 Å². The van der Waals surface area contributed by atoms with Gasteiger partial charge in [0.1, 0.15) is 0 Å². The third kappa shape index (κ3) is 2.09. The molecule has 0 aliphatic carbocycles. The summed E-state index contributed by atoms with van der Waals surface area (Å²) in [5, 5.41) is 11.0. The monoisotopic (exact) mass is 276 g/mol. The van der Waals surface area contributed by atoms with Crippen LogP contribution in [0.2, 0.25) is 0 Å². The van der Waals surface area contributed by atoms with E-state index in [1.807, 2.05) is 11.8 Å². The van der Waals surface area contributed by atoms with Crippen LogP contribution in [0.3, 0.4) is 0 Å². The van der Waals surface area contributed by atoms with Crippen LogP contribution in [0.15, 0.2) is 22.6 Å². The summed E-state index contributed by atoms with van der Waals surface area (Å²) in [4.78, 5) is 16.8. The lowest BCUT2D eigenvalue weighted by molar-refractivity contribution is -0.383. The molecule has 20 heavy (non-hydrogen) atoms. The van der Waals surface area contributed by atoms with Gasteiger partial charge < -0.3 is 15.1 Å². The molecule has 1 aliphatic rings. The summed E-state index contributed by atoms with van der Waals surface area (Å²) in [6, 6.07) is 5.29. The molecule has 0 spiro atoms. The van der Waals surface area contributed by atoms with Crippen molar-refractivity contribution in [3.8, 4) is 0 Å². The highest BCUT2D eigenvalue weighted by Crippen LogP contribution is 2.31. The molecule has 3 rings (SSSR count). The van der Waals surface area contributed by atoms with Crippen molar-refractivity contribution in [2.45, 2.75) is 19.4 Å². The normalized spacial score (nSPS) is 20.5. The number of non-ortho nitro benzene ring substituents is 1. The second-order valence-corrected chi connectivity index (χ2v) is 5.23. The van der Waals surface area contributed by atoms with Crippen LogP contribution >= 0.6 is 0 Å². The molecular formula is C13H16N4O3. The van der Waals surface area contributed by atoms with E-state index in [1.54, 1.807) is 12.1 Å². The molecule has 0 amide bonds. The van der Waals surface area contributed by atoms with Gasteiger partial charge >= 0.3 is 0 Å². The number of oxazole rings is 1. The summed E-state index contributed by atoms with van der Waals surface area (Å²) in [7, 11) is 0. The summed E-state index contributed by atoms with van der Waals surface area (Å²) >= 11 is 0. The van der Waals surface area contributed by atoms with Crippen LogP contribution in [-0.4, -0.2) is 29.0 Å². The average Bonchev–Trinajstić information content (AvgIpc) is 3.04. The maximum Gasteiger partial charge on any atom is 0.298 e. The Morgan fingerprint density at radius 1 is 1.60 bits per heavy atom. The quantitative estimate of drug-likeness (QED) is 0.679. The first-order chi connectivity index (χ1) is 9.56. The van der Waals surface area contributed by atoms with Gasteiger partial charge in [-0.3, -0.25) is 10.1 Å². The zero-order valence-corrected chi connectivity index (χ0v) is 11.2. The minimum Gasteiger partial charge on any atom is -0.423 e. The van der Waals surface area contributed by atoms with Crippen LogP contribution in [0.1, 0.15) is 13.3 Å². The minimum absolute atomic E-state index is 0.0274. The van der Waals surface area contributed by atoms with E-state index in [-0.39, 0.29) is 11.7 Å². The van der Waals surface area contributed by atoms with E-state index in [4.69, 9.17) is 10.2 Å². The zero-order valence-electron chi connectivity index (χ0n) is 11.2. The lowest BCUT2D eigenvalue weighted by Crippen LogP contribution is -2.29. The molecule has 2 heterocycles. The van der Waals surface area contributed by atoms with Crippen molar-refractivity contribution in [2.75, 3.05) is 18.0 Å². The van der Waals surface area contributed by atoms with Crippen molar-refractivity contribution >= 4 is 22.8 Å². The van der Waals surface area contributed by atoms with Gasteiger partial charge in [-0.2, -0.15) is 4.98 Å². The van der Waals surface area contributed by atoms with Gasteiger partial charge in [0, 0.05) is 25.2 Å². The third-order valence-corrected chi connectivity index (χ3v) is 3.82. The summed E-state index contributed by atoms with van der Waals surface area (Å²) in [6.45, 7) is 3.58. The van der Waals surface area contributed by atoms with Gasteiger partial charge in [-0.1, -0.05) is 6.07 Å². The lowest BCUT2D eigenvalue weighted by Gasteiger charge is -2.15. The van der Waals surface area contributed by atoms with Crippen LogP contribution in [0.25, 0.3) is 11.1 Å². The highest BCUT2D eigenvalue weighted by atomic mass is 16.6. The fourth-order valence-corrected chi connectivity index (χ4v) is 2.60. The van der Waals surface area contributed by atoms with E-state index in [0.717, 1.165) is 19.5 Å². The smallest absolute Gasteiger partial charge is 0.298 e. The number of nitro benzene ring substituents is 1. The number of nitrogens with zero attached hydrogens (tertiary/aromatic N) is 3. The lowest BCUT2D eigenvalue weighted by atomic mass is 10.0. The first-order valence-corrected chi connectivity index (χ1v) is 6.60. The zero-order chi connectivity index (χ0) is 14.3. The fraction of sp³-hybridized carbons (Fsp3) is 0.462. The Morgan fingerprint density at radius 3 is 3.05 bits per heavy atom. The van der Waals surface area contributed by atoms with Gasteiger partial charge in [0.2, 0.25) is 0 Å². The number of rotatable bonds is 3. The Balaban J connectivity index is 1.94. The number of benzene rings is 1. The van der Waals surface area contributed by atoms with Crippen LogP contribution in [0, 0.1) is 16.0 Å². The van der Waals surface area contributed by atoms with Crippen molar-refractivity contribution in [1.82, 2.24) is 4.98 Å². The largest absolute Gasteiger partial charge is 0.423 e. The molecule has 2 aromatic rings. The van der Waals surface area contributed by atoms with Gasteiger partial charge in [0.05, 0.1) is 4.92 Å². The summed E-state index contributed by atoms with van der Waals surface area (Å²) < 4.78 is 5.64. The molecule has 0 saturated carbocycles. The summed E-state index contributed by atoms with van der Waals surface area (Å²) in [5.41, 5.74) is 6.63. The average molecular weight is 276 g/mol. The number of hydrogen-bond donors (Lipinski definition) is 1. The van der Waals surface area contributed by atoms with Crippen LogP contribution in [-0.2, 0) is 0 Å². The van der Waals surface area contributed by atoms with Crippen LogP contribution in [0.5, 0.6) is 0 Å². The Bertz CT molecular complexity index is 652. The van der Waals surface area contributed by atoms with E-state index < -0.39 is 4.92 Å². The number of nitro groups is 1. The van der Waals surface area contributed by atoms with Crippen molar-refractivity contribution in [1.29, 1.82) is 0 Å². The molecule has 0 bridgehead atoms. The van der Waals surface area contributed by atoms with Gasteiger partial charge in [0.15, 0.2) is 11.1 Å². The molecule has 2 N–H and O–H groups in total. The molecule has 1 aliphatic heterocycles. The second-order valence-electron chi connectivity index (χ2n) is 5.23. The number of para-hydroxylation sites is 1. The number of anilines is 1. The summed E-state index contributed by atoms with van der Waals surface area (Å²) in [6.07, 6.45) is 0.985. The third-order valence-electron chi connectivity index (χ3n) is 3.82. The Morgan fingerprint density at radius 2 is 2.40 bits per heavy atom. The molecule has 0 radical (unpaired) electrons. The number of hydrogen-bond acceptors (Lipinski definition) is 6. The van der Waals surface area contributed by atoms with Crippen LogP contribution in [0.4, 0.5) is 11.7 Å². The molecule has 1 fully saturated rings. The molecule has 1 aromatic carbocycles. The van der Waals surface area contributed by atoms with Crippen molar-refractivity contribution in [3.05, 3.63) is 28.3 Å². The topological polar surface area (TPSA) is 98.4 Å². The standard InChI is InChI=1S/C13H16N4O3/c1-8(14)9-5-6-16(7-9)13-15-12-10(17(18)19)3-2-4-11(12)20-13/h2-4,8-9H,5-7,14H2,1H3. The molecule has 1 aromatic heterocycles. The SMILES string of the molecule is CC(N)C1CCN(c2nc3c([N+](=O)[O-])cccc3o2)C1. The predicted molar refractivity (Wildman–Crippen MR) is 74.6 cm³/mol. The maximum atomic E-state index is 11.0. The number of aromatic nitrogens is 1. The van der Waals surface area contributed by atoms with E-state index in [9.17, 15) is 10.1 Å². The van der Waals surface area contributed by atoms with Crippen molar-refractivity contribution in [2.24, 2.45) is 11.7 Å². The van der Waals surface area contributed by atoms with Gasteiger partial charge in [-0.05, 0) is 25.3 Å². The van der Waals surface area contributed by atoms with Gasteiger partial charge in [-0.15, -0.1) is 0 Å². The van der Waals surface area contributed by atoms with Gasteiger partial charge in [-0.25, -0.2) is 0 Å². The molecule has 2 atom stereocenters. The maximum absolute atomic E-state index is 11.0. The fourth-order valence-electron chi connectivity index (χ4n) is 2.60. The Hall–Kier alpha value is -2.15. The molecule has 7 heteroatoms. The van der Waals surface area contributed by atoms with E-state index >= 15 is 0 Å². The number of fused-ring (bicyclic) bond motifs is 1. The van der Waals surface area contributed by atoms with E-state index in [0.29, 0.717) is 23.0 Å². The highest BCUT2D eigenvalue weighted by molar-refractivity contribution is 5.84. The Kier molecular flexibility index (Phi) is 3.06. The van der Waals surface area contributed by atoms with E-state index in [2.05, 4.69) is 4.98 Å². The predicted octanol–water partition coefficient (Wildman–Crippen LogP) is 1.91. The second kappa shape index (κ2) is 4.75. The van der Waals surface area contributed by atoms with Crippen molar-refractivity contribution in [3.63, 3.8) is 0 Å². The molecule has 7 nitrogen and oxygen atoms in total. The van der Waals surface area contributed by atoms with E-state index in [1.165, 1.54) is 6.07 Å². The highest BCUT2D eigenvalue weighted by Gasteiger charge is 2.29. The first-order valence-electron chi connectivity index (χ1n) is 6.60. The first kappa shape index (κ1) is 12.9. The molecule has 2 unspecified atom stereocenters. The molecule has 1 saturated heterocycles. The summed E-state index contributed by atoms with van der Waals surface area (Å²) in [5.74, 6) is 0.403. The minimum atomic E-state index is -0.441. The molecular weight excluding hydrogens is 260 g/mol. The van der Waals surface area contributed by atoms with Crippen LogP contribution < -0.4 is 10.6 Å². The number of nitrogens with two attached hydrogens (primary N) is 1. The Labute approximate surface area is 115 Å².